The van der Waals surface area contributed by atoms with Crippen molar-refractivity contribution < 1.29 is 9.53 Å². The number of ether oxygens (including phenoxy) is 1. The summed E-state index contributed by atoms with van der Waals surface area (Å²) in [5.41, 5.74) is 0. The molecule has 0 unspecified atom stereocenters. The van der Waals surface area contributed by atoms with Gasteiger partial charge in [0, 0.05) is 0 Å². The van der Waals surface area contributed by atoms with Crippen molar-refractivity contribution in [2.24, 2.45) is 5.92 Å². The standard InChI is InChI=1S/C9H18O2S/c1-4-11-9(10)7-12-6-5-8(2)3/h8H,4-7H2,1-3H3. The number of hydrogen-bond acceptors (Lipinski definition) is 3. The molecule has 12 heavy (non-hydrogen) atoms. The minimum absolute atomic E-state index is 0.0914. The number of hydrogen-bond donors (Lipinski definition) is 0. The van der Waals surface area contributed by atoms with Crippen LogP contribution in [0, 0.1) is 5.92 Å². The summed E-state index contributed by atoms with van der Waals surface area (Å²) in [4.78, 5) is 10.8. The third-order valence-corrected chi connectivity index (χ3v) is 2.33. The molecule has 0 aromatic carbocycles. The Morgan fingerprint density at radius 1 is 1.50 bits per heavy atom. The van der Waals surface area contributed by atoms with Gasteiger partial charge >= 0.3 is 5.97 Å². The summed E-state index contributed by atoms with van der Waals surface area (Å²) >= 11 is 1.66. The van der Waals surface area contributed by atoms with Crippen molar-refractivity contribution in [2.75, 3.05) is 18.1 Å². The number of rotatable bonds is 6. The lowest BCUT2D eigenvalue weighted by Crippen LogP contribution is -2.07. The summed E-state index contributed by atoms with van der Waals surface area (Å²) in [6, 6.07) is 0. The van der Waals surface area contributed by atoms with E-state index in [9.17, 15) is 4.79 Å². The van der Waals surface area contributed by atoms with Gasteiger partial charge in [0.15, 0.2) is 0 Å². The Bertz CT molecular complexity index is 124. The van der Waals surface area contributed by atoms with E-state index in [-0.39, 0.29) is 5.97 Å². The van der Waals surface area contributed by atoms with Gasteiger partial charge in [-0.05, 0) is 25.0 Å². The summed E-state index contributed by atoms with van der Waals surface area (Å²) in [7, 11) is 0. The minimum atomic E-state index is -0.0914. The number of esters is 1. The molecule has 0 saturated carbocycles. The monoisotopic (exact) mass is 190 g/mol. The second kappa shape index (κ2) is 7.47. The van der Waals surface area contributed by atoms with Gasteiger partial charge < -0.3 is 4.74 Å². The SMILES string of the molecule is CCOC(=O)CSCCC(C)C. The summed E-state index contributed by atoms with van der Waals surface area (Å²) in [5.74, 6) is 2.18. The first-order valence-corrected chi connectivity index (χ1v) is 5.55. The molecule has 0 aromatic heterocycles. The highest BCUT2D eigenvalue weighted by Gasteiger charge is 2.01. The van der Waals surface area contributed by atoms with E-state index in [2.05, 4.69) is 13.8 Å². The van der Waals surface area contributed by atoms with Gasteiger partial charge in [0.2, 0.25) is 0 Å². The highest BCUT2D eigenvalue weighted by molar-refractivity contribution is 7.99. The van der Waals surface area contributed by atoms with Crippen molar-refractivity contribution in [1.82, 2.24) is 0 Å². The van der Waals surface area contributed by atoms with Crippen molar-refractivity contribution in [3.05, 3.63) is 0 Å². The lowest BCUT2D eigenvalue weighted by Gasteiger charge is -2.03. The molecule has 0 N–H and O–H groups in total. The molecule has 0 amide bonds. The van der Waals surface area contributed by atoms with E-state index in [1.807, 2.05) is 6.92 Å². The van der Waals surface area contributed by atoms with E-state index in [0.717, 1.165) is 11.7 Å². The minimum Gasteiger partial charge on any atom is -0.465 e. The average molecular weight is 190 g/mol. The van der Waals surface area contributed by atoms with Crippen LogP contribution in [0.3, 0.4) is 0 Å². The molecule has 0 heterocycles. The fourth-order valence-electron chi connectivity index (χ4n) is 0.677. The number of carbonyl (C=O) groups excluding carboxylic acids is 1. The summed E-state index contributed by atoms with van der Waals surface area (Å²) in [6.07, 6.45) is 1.17. The van der Waals surface area contributed by atoms with Gasteiger partial charge in [0.1, 0.15) is 0 Å². The Labute approximate surface area is 79.1 Å². The van der Waals surface area contributed by atoms with Crippen molar-refractivity contribution in [3.63, 3.8) is 0 Å². The molecule has 0 fully saturated rings. The van der Waals surface area contributed by atoms with E-state index in [4.69, 9.17) is 4.74 Å². The molecule has 0 aromatic rings. The Morgan fingerprint density at radius 2 is 2.17 bits per heavy atom. The summed E-state index contributed by atoms with van der Waals surface area (Å²) < 4.78 is 4.79. The van der Waals surface area contributed by atoms with Gasteiger partial charge in [-0.1, -0.05) is 13.8 Å². The van der Waals surface area contributed by atoms with Gasteiger partial charge in [-0.2, -0.15) is 11.8 Å². The zero-order chi connectivity index (χ0) is 9.40. The molecule has 0 rings (SSSR count). The topological polar surface area (TPSA) is 26.3 Å². The third kappa shape index (κ3) is 7.92. The van der Waals surface area contributed by atoms with Crippen LogP contribution < -0.4 is 0 Å². The van der Waals surface area contributed by atoms with E-state index < -0.39 is 0 Å². The van der Waals surface area contributed by atoms with Crippen molar-refractivity contribution in [2.45, 2.75) is 27.2 Å². The largest absolute Gasteiger partial charge is 0.465 e. The zero-order valence-electron chi connectivity index (χ0n) is 8.13. The number of thioether (sulfide) groups is 1. The fourth-order valence-corrected chi connectivity index (χ4v) is 1.71. The third-order valence-electron chi connectivity index (χ3n) is 1.36. The van der Waals surface area contributed by atoms with Gasteiger partial charge in [-0.3, -0.25) is 4.79 Å². The van der Waals surface area contributed by atoms with Crippen LogP contribution in [0.5, 0.6) is 0 Å². The average Bonchev–Trinajstić information content (AvgIpc) is 1.98. The molecule has 0 bridgehead atoms. The second-order valence-electron chi connectivity index (χ2n) is 3.04. The first-order chi connectivity index (χ1) is 5.66. The molecule has 2 nitrogen and oxygen atoms in total. The molecule has 0 spiro atoms. The quantitative estimate of drug-likeness (QED) is 0.475. The molecule has 0 aliphatic carbocycles. The van der Waals surface area contributed by atoms with Gasteiger partial charge in [-0.15, -0.1) is 0 Å². The zero-order valence-corrected chi connectivity index (χ0v) is 8.95. The van der Waals surface area contributed by atoms with Crippen LogP contribution in [-0.4, -0.2) is 24.1 Å². The van der Waals surface area contributed by atoms with Crippen LogP contribution in [0.25, 0.3) is 0 Å². The van der Waals surface area contributed by atoms with Crippen LogP contribution >= 0.6 is 11.8 Å². The van der Waals surface area contributed by atoms with Crippen LogP contribution in [0.4, 0.5) is 0 Å². The van der Waals surface area contributed by atoms with Gasteiger partial charge in [0.25, 0.3) is 0 Å². The van der Waals surface area contributed by atoms with E-state index in [1.54, 1.807) is 11.8 Å². The molecule has 0 aliphatic rings. The first kappa shape index (κ1) is 11.8. The second-order valence-corrected chi connectivity index (χ2v) is 4.15. The van der Waals surface area contributed by atoms with Crippen LogP contribution in [0.2, 0.25) is 0 Å². The Morgan fingerprint density at radius 3 is 2.67 bits per heavy atom. The van der Waals surface area contributed by atoms with Crippen molar-refractivity contribution >= 4 is 17.7 Å². The Kier molecular flexibility index (Phi) is 7.36. The smallest absolute Gasteiger partial charge is 0.315 e. The fraction of sp³-hybridized carbons (Fsp3) is 0.889. The van der Waals surface area contributed by atoms with Crippen LogP contribution in [0.1, 0.15) is 27.2 Å². The maximum Gasteiger partial charge on any atom is 0.315 e. The van der Waals surface area contributed by atoms with Gasteiger partial charge in [-0.25, -0.2) is 0 Å². The summed E-state index contributed by atoms with van der Waals surface area (Å²) in [5, 5.41) is 0. The molecular formula is C9H18O2S. The Hall–Kier alpha value is -0.180. The van der Waals surface area contributed by atoms with Crippen molar-refractivity contribution in [1.29, 1.82) is 0 Å². The summed E-state index contributed by atoms with van der Waals surface area (Å²) in [6.45, 7) is 6.69. The highest BCUT2D eigenvalue weighted by atomic mass is 32.2. The van der Waals surface area contributed by atoms with Crippen molar-refractivity contribution in [3.8, 4) is 0 Å². The lowest BCUT2D eigenvalue weighted by molar-refractivity contribution is -0.139. The molecule has 0 radical (unpaired) electrons. The van der Waals surface area contributed by atoms with Crippen LogP contribution in [-0.2, 0) is 9.53 Å². The molecule has 72 valence electrons. The Balaban J connectivity index is 3.14. The first-order valence-electron chi connectivity index (χ1n) is 4.40. The number of carbonyl (C=O) groups is 1. The maximum atomic E-state index is 10.8. The van der Waals surface area contributed by atoms with E-state index in [1.165, 1.54) is 6.42 Å². The lowest BCUT2D eigenvalue weighted by atomic mass is 10.2. The van der Waals surface area contributed by atoms with E-state index >= 15 is 0 Å². The predicted octanol–water partition coefficient (Wildman–Crippen LogP) is 2.33. The van der Waals surface area contributed by atoms with E-state index in [0.29, 0.717) is 12.4 Å². The molecule has 3 heteroatoms. The highest BCUT2D eigenvalue weighted by Crippen LogP contribution is 2.08. The molecule has 0 aliphatic heterocycles. The van der Waals surface area contributed by atoms with Gasteiger partial charge in [0.05, 0.1) is 12.4 Å². The molecule has 0 atom stereocenters. The predicted molar refractivity (Wildman–Crippen MR) is 53.4 cm³/mol. The molecule has 0 saturated heterocycles. The maximum absolute atomic E-state index is 10.8. The molecular weight excluding hydrogens is 172 g/mol. The normalized spacial score (nSPS) is 10.3. The van der Waals surface area contributed by atoms with Crippen LogP contribution in [0.15, 0.2) is 0 Å².